The third kappa shape index (κ3) is 16.1. The van der Waals surface area contributed by atoms with Crippen LogP contribution in [0.3, 0.4) is 0 Å². The molecule has 0 aliphatic carbocycles. The van der Waals surface area contributed by atoms with Crippen molar-refractivity contribution >= 4 is 92.3 Å². The summed E-state index contributed by atoms with van der Waals surface area (Å²) in [6.45, 7) is 31.1. The molecule has 82 heavy (non-hydrogen) atoms. The van der Waals surface area contributed by atoms with E-state index in [1.807, 2.05) is 15.2 Å². The van der Waals surface area contributed by atoms with E-state index in [0.717, 1.165) is 97.0 Å². The van der Waals surface area contributed by atoms with Crippen molar-refractivity contribution in [1.29, 1.82) is 0 Å². The molecule has 2 amide bonds. The number of ether oxygens (including phenoxy) is 3. The highest BCUT2D eigenvalue weighted by Crippen LogP contribution is 2.48. The summed E-state index contributed by atoms with van der Waals surface area (Å²) < 4.78 is 18.2. The molecule has 2 aromatic carbocycles. The van der Waals surface area contributed by atoms with Gasteiger partial charge in [0.1, 0.15) is 41.6 Å². The summed E-state index contributed by atoms with van der Waals surface area (Å²) in [7, 11) is 3.48. The number of aliphatic carboxylic acids is 1. The van der Waals surface area contributed by atoms with Crippen molar-refractivity contribution in [1.82, 2.24) is 29.7 Å². The Morgan fingerprint density at radius 1 is 0.561 bits per heavy atom. The number of carbonyl (C=O) groups excluding carboxylic acids is 3. The molecular weight excluding hydrogens is 1160 g/mol. The zero-order valence-electron chi connectivity index (χ0n) is 50.2. The SMILES string of the molecule is CCOC(=O)Cc1csc(CC(=O)N2CCC(c3nc(-c4cc(C(C)(C)C)c(OC)c(C(C)(C)C)c4)c(Cl)s3)CC2)n1.COc1c(C(C)(C)C)cc(-c2nc(C3CCN(C(=O)Cc4nc(CC(=O)O)cs4)CC3)sc2Cl)cc1C(C)(C)C. The summed E-state index contributed by atoms with van der Waals surface area (Å²) in [4.78, 5) is 71.2. The van der Waals surface area contributed by atoms with Gasteiger partial charge in [-0.25, -0.2) is 19.9 Å². The lowest BCUT2D eigenvalue weighted by Crippen LogP contribution is -2.38. The van der Waals surface area contributed by atoms with Crippen LogP contribution >= 0.6 is 68.5 Å². The molecule has 2 aliphatic rings. The van der Waals surface area contributed by atoms with E-state index in [1.54, 1.807) is 37.9 Å². The zero-order chi connectivity index (χ0) is 60.2. The molecule has 0 saturated carbocycles. The third-order valence-electron chi connectivity index (χ3n) is 14.7. The van der Waals surface area contributed by atoms with Gasteiger partial charge in [0.15, 0.2) is 0 Å². The van der Waals surface area contributed by atoms with E-state index in [2.05, 4.69) is 117 Å². The van der Waals surface area contributed by atoms with E-state index in [9.17, 15) is 19.2 Å². The number of carboxylic acid groups (broad SMARTS) is 1. The first-order valence-corrected chi connectivity index (χ1v) is 32.1. The number of aromatic nitrogens is 4. The Hall–Kier alpha value is -4.98. The molecule has 2 saturated heterocycles. The minimum absolute atomic E-state index is 0.0233. The largest absolute Gasteiger partial charge is 0.496 e. The number of hydrogen-bond acceptors (Lipinski definition) is 15. The maximum Gasteiger partial charge on any atom is 0.311 e. The van der Waals surface area contributed by atoms with Gasteiger partial charge in [0, 0.05) is 82.2 Å². The van der Waals surface area contributed by atoms with Crippen LogP contribution in [0.25, 0.3) is 22.5 Å². The molecule has 2 fully saturated rings. The van der Waals surface area contributed by atoms with Crippen LogP contribution in [0.5, 0.6) is 11.5 Å². The van der Waals surface area contributed by atoms with Gasteiger partial charge in [-0.15, -0.1) is 45.3 Å². The summed E-state index contributed by atoms with van der Waals surface area (Å²) in [6, 6.07) is 8.69. The Kier molecular flexibility index (Phi) is 20.9. The molecule has 0 radical (unpaired) electrons. The van der Waals surface area contributed by atoms with Crippen LogP contribution in [0.15, 0.2) is 35.0 Å². The van der Waals surface area contributed by atoms with E-state index in [4.69, 9.17) is 52.5 Å². The van der Waals surface area contributed by atoms with E-state index in [0.29, 0.717) is 57.9 Å². The van der Waals surface area contributed by atoms with Crippen molar-refractivity contribution in [3.05, 3.63) is 97.4 Å². The maximum absolute atomic E-state index is 13.0. The second-order valence-corrected chi connectivity index (χ2v) is 30.4. The van der Waals surface area contributed by atoms with E-state index in [-0.39, 0.29) is 77.0 Å². The van der Waals surface area contributed by atoms with Gasteiger partial charge in [0.25, 0.3) is 0 Å². The molecule has 4 aromatic heterocycles. The standard InChI is InChI=1S/C32H42ClN3O4S2.C30H38ClN3O4S2/c1-9-40-26(38)16-21-18-41-24(34-21)17-25(37)36-12-10-19(11-13-36)30-35-27(29(33)42-30)20-14-22(31(2,3)4)28(39-8)23(15-20)32(5,6)7;1-29(2,3)20-12-18(13-21(26(20)38-7)30(4,5)6)25-27(31)40-28(33-25)17-8-10-34(11-9-17)23(35)15-22-32-19(16-39-22)14-24(36)37/h14-15,18-19H,9-13,16-17H2,1-8H3;12-13,16-17H,8-11,14-15H2,1-7H3,(H,36,37). The predicted molar refractivity (Wildman–Crippen MR) is 333 cm³/mol. The van der Waals surface area contributed by atoms with Crippen LogP contribution in [-0.4, -0.2) is 106 Å². The van der Waals surface area contributed by atoms with Crippen molar-refractivity contribution in [2.45, 2.75) is 175 Å². The van der Waals surface area contributed by atoms with Gasteiger partial charge >= 0.3 is 11.9 Å². The summed E-state index contributed by atoms with van der Waals surface area (Å²) >= 11 is 19.5. The lowest BCUT2D eigenvalue weighted by molar-refractivity contribution is -0.142. The topological polar surface area (TPSA) is 174 Å². The Balaban J connectivity index is 0.000000236. The number of halogens is 2. The van der Waals surface area contributed by atoms with Gasteiger partial charge < -0.3 is 29.1 Å². The van der Waals surface area contributed by atoms with Crippen LogP contribution in [0, 0.1) is 0 Å². The second-order valence-electron chi connectivity index (χ2n) is 25.2. The Morgan fingerprint density at radius 3 is 1.21 bits per heavy atom. The minimum Gasteiger partial charge on any atom is -0.496 e. The van der Waals surface area contributed by atoms with Crippen molar-refractivity contribution in [2.75, 3.05) is 47.0 Å². The number of likely N-dealkylation sites (tertiary alicyclic amines) is 2. The summed E-state index contributed by atoms with van der Waals surface area (Å²) in [5.74, 6) is 1.20. The minimum atomic E-state index is -0.924. The summed E-state index contributed by atoms with van der Waals surface area (Å²) in [5.41, 5.74) is 8.83. The van der Waals surface area contributed by atoms with Gasteiger partial charge in [0.2, 0.25) is 11.8 Å². The molecule has 8 rings (SSSR count). The highest BCUT2D eigenvalue weighted by atomic mass is 35.5. The van der Waals surface area contributed by atoms with Gasteiger partial charge in [-0.05, 0) is 78.5 Å². The van der Waals surface area contributed by atoms with Crippen LogP contribution in [0.4, 0.5) is 0 Å². The predicted octanol–water partition coefficient (Wildman–Crippen LogP) is 14.7. The van der Waals surface area contributed by atoms with E-state index >= 15 is 0 Å². The van der Waals surface area contributed by atoms with Gasteiger partial charge in [-0.2, -0.15) is 0 Å². The highest BCUT2D eigenvalue weighted by molar-refractivity contribution is 7.17. The van der Waals surface area contributed by atoms with Crippen LogP contribution in [0.1, 0.15) is 181 Å². The maximum atomic E-state index is 13.0. The quantitative estimate of drug-likeness (QED) is 0.0965. The van der Waals surface area contributed by atoms with E-state index < -0.39 is 5.97 Å². The molecule has 444 valence electrons. The number of piperidine rings is 2. The molecule has 2 aliphatic heterocycles. The molecule has 6 aromatic rings. The molecule has 0 unspecified atom stereocenters. The van der Waals surface area contributed by atoms with E-state index in [1.165, 1.54) is 34.0 Å². The Morgan fingerprint density at radius 2 is 0.902 bits per heavy atom. The Bertz CT molecular complexity index is 3180. The van der Waals surface area contributed by atoms with Crippen LogP contribution in [0.2, 0.25) is 8.67 Å². The number of nitrogens with zero attached hydrogens (tertiary/aromatic N) is 6. The monoisotopic (exact) mass is 1230 g/mol. The van der Waals surface area contributed by atoms with Crippen molar-refractivity contribution in [2.24, 2.45) is 0 Å². The number of amides is 2. The summed E-state index contributed by atoms with van der Waals surface area (Å²) in [6.07, 6.45) is 3.77. The first-order chi connectivity index (χ1) is 38.4. The normalized spacial score (nSPS) is 14.8. The number of methoxy groups -OCH3 is 2. The molecule has 6 heterocycles. The second kappa shape index (κ2) is 26.5. The lowest BCUT2D eigenvalue weighted by atomic mass is 9.78. The van der Waals surface area contributed by atoms with Crippen molar-refractivity contribution in [3.63, 3.8) is 0 Å². The Labute approximate surface area is 510 Å². The average molecular weight is 1240 g/mol. The van der Waals surface area contributed by atoms with Gasteiger partial charge in [-0.3, -0.25) is 19.2 Å². The smallest absolute Gasteiger partial charge is 0.311 e. The van der Waals surface area contributed by atoms with Crippen LogP contribution < -0.4 is 9.47 Å². The fourth-order valence-electron chi connectivity index (χ4n) is 10.3. The third-order valence-corrected chi connectivity index (χ3v) is 19.4. The first-order valence-electron chi connectivity index (χ1n) is 28.0. The fraction of sp³-hybridized carbons (Fsp3) is 0.548. The molecule has 14 nitrogen and oxygen atoms in total. The van der Waals surface area contributed by atoms with Crippen LogP contribution in [-0.2, 0) is 71.3 Å². The van der Waals surface area contributed by atoms with Crippen molar-refractivity contribution < 1.29 is 38.5 Å². The molecule has 0 bridgehead atoms. The number of esters is 1. The van der Waals surface area contributed by atoms with Crippen molar-refractivity contribution in [3.8, 4) is 34.0 Å². The highest BCUT2D eigenvalue weighted by Gasteiger charge is 2.34. The number of carboxylic acids is 1. The number of carbonyl (C=O) groups is 4. The molecule has 0 atom stereocenters. The molecule has 20 heteroatoms. The summed E-state index contributed by atoms with van der Waals surface area (Å²) in [5, 5.41) is 15.9. The molecule has 0 spiro atoms. The number of benzene rings is 2. The fourth-order valence-corrected chi connectivity index (χ4v) is 14.6. The van der Waals surface area contributed by atoms with Gasteiger partial charge in [0.05, 0.1) is 67.9 Å². The van der Waals surface area contributed by atoms with Gasteiger partial charge in [-0.1, -0.05) is 106 Å². The first kappa shape index (κ1) is 64.6. The number of hydrogen-bond donors (Lipinski definition) is 1. The lowest BCUT2D eigenvalue weighted by Gasteiger charge is -2.31. The number of thiazole rings is 4. The number of rotatable bonds is 15. The zero-order valence-corrected chi connectivity index (χ0v) is 55.0. The average Bonchev–Trinajstić information content (AvgIpc) is 4.37. The molecule has 1 N–H and O–H groups in total. The molecular formula is C62H80Cl2N6O8S4.